The van der Waals surface area contributed by atoms with Gasteiger partial charge in [-0.2, -0.15) is 5.26 Å². The maximum Gasteiger partial charge on any atom is 0.157 e. The number of anilines is 2. The van der Waals surface area contributed by atoms with Crippen LogP contribution in [0.1, 0.15) is 24.8 Å². The number of hydrogen-bond donors (Lipinski definition) is 1. The van der Waals surface area contributed by atoms with Crippen LogP contribution in [0.25, 0.3) is 0 Å². The molecule has 6 heteroatoms. The molecule has 0 saturated heterocycles. The van der Waals surface area contributed by atoms with E-state index in [1.54, 1.807) is 0 Å². The van der Waals surface area contributed by atoms with Crippen LogP contribution in [0.15, 0.2) is 0 Å². The molecule has 2 atom stereocenters. The van der Waals surface area contributed by atoms with Crippen LogP contribution < -0.4 is 10.2 Å². The van der Waals surface area contributed by atoms with Gasteiger partial charge < -0.3 is 10.2 Å². The average Bonchev–Trinajstić information content (AvgIpc) is 3.01. The van der Waals surface area contributed by atoms with Crippen molar-refractivity contribution in [3.63, 3.8) is 0 Å². The predicted octanol–water partition coefficient (Wildman–Crippen LogP) is 3.58. The van der Waals surface area contributed by atoms with Crippen LogP contribution in [0.3, 0.4) is 0 Å². The topological polar surface area (TPSA) is 52.0 Å². The maximum absolute atomic E-state index is 9.00. The smallest absolute Gasteiger partial charge is 0.157 e. The fourth-order valence-corrected chi connectivity index (χ4v) is 3.34. The molecule has 0 aromatic carbocycles. The van der Waals surface area contributed by atoms with Gasteiger partial charge in [0, 0.05) is 17.5 Å². The Kier molecular flexibility index (Phi) is 3.20. The molecule has 1 fully saturated rings. The Balaban J connectivity index is 1.93. The molecule has 19 heavy (non-hydrogen) atoms. The van der Waals surface area contributed by atoms with Gasteiger partial charge in [0.2, 0.25) is 0 Å². The molecule has 0 bridgehead atoms. The number of fused-ring (bicyclic) bond motifs is 1. The molecule has 0 radical (unpaired) electrons. The van der Waals surface area contributed by atoms with E-state index in [1.807, 2.05) is 6.92 Å². The Hall–Kier alpha value is -1.18. The number of halogens is 2. The Morgan fingerprint density at radius 3 is 2.89 bits per heavy atom. The molecule has 1 aromatic heterocycles. The second-order valence-corrected chi connectivity index (χ2v) is 5.87. The number of pyridine rings is 1. The van der Waals surface area contributed by atoms with Gasteiger partial charge in [0.25, 0.3) is 0 Å². The van der Waals surface area contributed by atoms with E-state index >= 15 is 0 Å². The number of nitrogens with one attached hydrogen (secondary N) is 1. The molecule has 1 N–H and O–H groups in total. The summed E-state index contributed by atoms with van der Waals surface area (Å²) in [6.07, 6.45) is 2.87. The van der Waals surface area contributed by atoms with E-state index in [4.69, 9.17) is 28.5 Å². The van der Waals surface area contributed by atoms with Crippen molar-refractivity contribution < 1.29 is 0 Å². The van der Waals surface area contributed by atoms with Gasteiger partial charge >= 0.3 is 0 Å². The van der Waals surface area contributed by atoms with E-state index in [0.717, 1.165) is 36.3 Å². The van der Waals surface area contributed by atoms with E-state index in [-0.39, 0.29) is 5.92 Å². The second kappa shape index (κ2) is 4.73. The summed E-state index contributed by atoms with van der Waals surface area (Å²) >= 11 is 12.4. The Bertz CT molecular complexity index is 567. The minimum atomic E-state index is 0.158. The Morgan fingerprint density at radius 2 is 2.21 bits per heavy atom. The number of aromatic nitrogens is 1. The molecule has 100 valence electrons. The third-order valence-electron chi connectivity index (χ3n) is 4.01. The zero-order valence-electron chi connectivity index (χ0n) is 10.6. The fourth-order valence-electron chi connectivity index (χ4n) is 2.87. The van der Waals surface area contributed by atoms with Gasteiger partial charge in [-0.05, 0) is 26.2 Å². The standard InChI is InChI=1S/C13H14Cl2N4/c1-7-10(14)11-13(18-12(7)15)19(6-17-11)9-3-2-8(4-9)5-16/h8-9,17H,2-4,6H2,1H3. The highest BCUT2D eigenvalue weighted by molar-refractivity contribution is 6.38. The van der Waals surface area contributed by atoms with Crippen LogP contribution in [0.5, 0.6) is 0 Å². The summed E-state index contributed by atoms with van der Waals surface area (Å²) in [7, 11) is 0. The van der Waals surface area contributed by atoms with Crippen molar-refractivity contribution in [2.24, 2.45) is 5.92 Å². The van der Waals surface area contributed by atoms with Gasteiger partial charge in [0.15, 0.2) is 5.82 Å². The number of hydrogen-bond acceptors (Lipinski definition) is 4. The van der Waals surface area contributed by atoms with Crippen molar-refractivity contribution in [2.45, 2.75) is 32.2 Å². The van der Waals surface area contributed by atoms with E-state index in [2.05, 4.69) is 21.3 Å². The maximum atomic E-state index is 9.00. The quantitative estimate of drug-likeness (QED) is 0.805. The summed E-state index contributed by atoms with van der Waals surface area (Å²) in [6.45, 7) is 2.55. The van der Waals surface area contributed by atoms with Gasteiger partial charge in [-0.1, -0.05) is 23.2 Å². The summed E-state index contributed by atoms with van der Waals surface area (Å²) < 4.78 is 0. The molecule has 2 unspecified atom stereocenters. The molecule has 1 aromatic rings. The highest BCUT2D eigenvalue weighted by Gasteiger charge is 2.35. The van der Waals surface area contributed by atoms with Crippen molar-refractivity contribution in [3.8, 4) is 6.07 Å². The molecule has 2 aliphatic rings. The van der Waals surface area contributed by atoms with Crippen LogP contribution >= 0.6 is 23.2 Å². The molecule has 1 aliphatic heterocycles. The summed E-state index contributed by atoms with van der Waals surface area (Å²) in [4.78, 5) is 6.64. The van der Waals surface area contributed by atoms with Crippen molar-refractivity contribution >= 4 is 34.7 Å². The minimum absolute atomic E-state index is 0.158. The van der Waals surface area contributed by atoms with Crippen molar-refractivity contribution in [2.75, 3.05) is 16.9 Å². The van der Waals surface area contributed by atoms with Crippen molar-refractivity contribution in [1.29, 1.82) is 5.26 Å². The zero-order chi connectivity index (χ0) is 13.6. The lowest BCUT2D eigenvalue weighted by Crippen LogP contribution is -2.33. The molecule has 3 rings (SSSR count). The van der Waals surface area contributed by atoms with Crippen LogP contribution in [0, 0.1) is 24.2 Å². The first kappa shape index (κ1) is 12.8. The van der Waals surface area contributed by atoms with E-state index in [9.17, 15) is 0 Å². The second-order valence-electron chi connectivity index (χ2n) is 5.14. The van der Waals surface area contributed by atoms with Gasteiger partial charge in [0.05, 0.1) is 23.4 Å². The third-order valence-corrected chi connectivity index (χ3v) is 4.85. The lowest BCUT2D eigenvalue weighted by Gasteiger charge is -2.24. The molecule has 1 saturated carbocycles. The molecular weight excluding hydrogens is 283 g/mol. The third kappa shape index (κ3) is 2.01. The minimum Gasteiger partial charge on any atom is -0.363 e. The van der Waals surface area contributed by atoms with Gasteiger partial charge in [0.1, 0.15) is 5.15 Å². The SMILES string of the molecule is Cc1c(Cl)nc2c(c1Cl)NCN2C1CCC(C#N)C1. The normalized spacial score (nSPS) is 25.1. The predicted molar refractivity (Wildman–Crippen MR) is 76.7 cm³/mol. The van der Waals surface area contributed by atoms with Crippen LogP contribution in [0.2, 0.25) is 10.2 Å². The summed E-state index contributed by atoms with van der Waals surface area (Å²) in [5.41, 5.74) is 1.67. The van der Waals surface area contributed by atoms with Crippen LogP contribution in [-0.2, 0) is 0 Å². The number of rotatable bonds is 1. The fraction of sp³-hybridized carbons (Fsp3) is 0.538. The highest BCUT2D eigenvalue weighted by Crippen LogP contribution is 2.43. The largest absolute Gasteiger partial charge is 0.363 e. The summed E-state index contributed by atoms with van der Waals surface area (Å²) in [5.74, 6) is 0.981. The summed E-state index contributed by atoms with van der Waals surface area (Å²) in [6, 6.07) is 2.70. The Labute approximate surface area is 122 Å². The first-order valence-corrected chi connectivity index (χ1v) is 7.13. The Morgan fingerprint density at radius 1 is 1.42 bits per heavy atom. The highest BCUT2D eigenvalue weighted by atomic mass is 35.5. The zero-order valence-corrected chi connectivity index (χ0v) is 12.1. The van der Waals surface area contributed by atoms with Gasteiger partial charge in [-0.25, -0.2) is 4.98 Å². The number of nitriles is 1. The first-order valence-electron chi connectivity index (χ1n) is 6.37. The van der Waals surface area contributed by atoms with Crippen LogP contribution in [-0.4, -0.2) is 17.7 Å². The lowest BCUT2D eigenvalue weighted by molar-refractivity contribution is 0.610. The van der Waals surface area contributed by atoms with Crippen LogP contribution in [0.4, 0.5) is 11.5 Å². The molecule has 1 aliphatic carbocycles. The van der Waals surface area contributed by atoms with E-state index in [0.29, 0.717) is 22.9 Å². The molecular formula is C13H14Cl2N4. The van der Waals surface area contributed by atoms with Gasteiger partial charge in [-0.3, -0.25) is 0 Å². The molecule has 4 nitrogen and oxygen atoms in total. The average molecular weight is 297 g/mol. The van der Waals surface area contributed by atoms with Crippen molar-refractivity contribution in [1.82, 2.24) is 4.98 Å². The molecule has 0 spiro atoms. The van der Waals surface area contributed by atoms with E-state index in [1.165, 1.54) is 0 Å². The number of nitrogens with zero attached hydrogens (tertiary/aromatic N) is 3. The monoisotopic (exact) mass is 296 g/mol. The van der Waals surface area contributed by atoms with E-state index < -0.39 is 0 Å². The van der Waals surface area contributed by atoms with Crippen molar-refractivity contribution in [3.05, 3.63) is 15.7 Å². The molecule has 2 heterocycles. The summed E-state index contributed by atoms with van der Waals surface area (Å²) in [5, 5.41) is 13.4. The lowest BCUT2D eigenvalue weighted by atomic mass is 10.1. The molecule has 0 amide bonds. The first-order chi connectivity index (χ1) is 9.11. The van der Waals surface area contributed by atoms with Gasteiger partial charge in [-0.15, -0.1) is 0 Å².